The molecule has 15 heavy (non-hydrogen) atoms. The molecule has 0 radical (unpaired) electrons. The summed E-state index contributed by atoms with van der Waals surface area (Å²) >= 11 is 0. The molecule has 0 bridgehead atoms. The summed E-state index contributed by atoms with van der Waals surface area (Å²) in [6.07, 6.45) is 0. The lowest BCUT2D eigenvalue weighted by Crippen LogP contribution is -2.00. The van der Waals surface area contributed by atoms with Crippen LogP contribution in [0.1, 0.15) is 36.7 Å². The first-order valence-electron chi connectivity index (χ1n) is 4.75. The van der Waals surface area contributed by atoms with Gasteiger partial charge in [0, 0.05) is 11.0 Å². The topological polar surface area (TPSA) is 37.3 Å². The number of aromatic carboxylic acids is 1. The van der Waals surface area contributed by atoms with Crippen molar-refractivity contribution in [1.82, 2.24) is 0 Å². The van der Waals surface area contributed by atoms with Crippen LogP contribution < -0.4 is 0 Å². The third kappa shape index (κ3) is 3.86. The van der Waals surface area contributed by atoms with Crippen LogP contribution in [0.2, 0.25) is 0 Å². The number of carbonyl (C=O) groups is 1. The van der Waals surface area contributed by atoms with Gasteiger partial charge in [-0.1, -0.05) is 17.9 Å². The van der Waals surface area contributed by atoms with Gasteiger partial charge in [0.2, 0.25) is 0 Å². The fourth-order valence-corrected chi connectivity index (χ4v) is 0.990. The van der Waals surface area contributed by atoms with Crippen molar-refractivity contribution in [3.05, 3.63) is 35.4 Å². The van der Waals surface area contributed by atoms with Gasteiger partial charge in [-0.3, -0.25) is 0 Å². The zero-order chi connectivity index (χ0) is 11.5. The lowest BCUT2D eigenvalue weighted by atomic mass is 9.97. The van der Waals surface area contributed by atoms with E-state index in [0.29, 0.717) is 0 Å². The van der Waals surface area contributed by atoms with Crippen LogP contribution in [0.5, 0.6) is 0 Å². The van der Waals surface area contributed by atoms with Gasteiger partial charge in [0.25, 0.3) is 0 Å². The van der Waals surface area contributed by atoms with Gasteiger partial charge in [-0.2, -0.15) is 0 Å². The standard InChI is InChI=1S/C13H14O2/c1-13(2,3)8-7-10-5-4-6-11(9-10)12(14)15/h4-6,9H,1-3H3,(H,14,15). The van der Waals surface area contributed by atoms with Crippen LogP contribution in [0, 0.1) is 17.3 Å². The van der Waals surface area contributed by atoms with Crippen LogP contribution in [-0.2, 0) is 0 Å². The molecule has 2 nitrogen and oxygen atoms in total. The van der Waals surface area contributed by atoms with Crippen molar-refractivity contribution in [3.63, 3.8) is 0 Å². The molecular weight excluding hydrogens is 188 g/mol. The first-order chi connectivity index (χ1) is 6.88. The van der Waals surface area contributed by atoms with Crippen LogP contribution in [0.3, 0.4) is 0 Å². The maximum absolute atomic E-state index is 10.7. The summed E-state index contributed by atoms with van der Waals surface area (Å²) in [6.45, 7) is 6.04. The molecule has 0 saturated heterocycles. The summed E-state index contributed by atoms with van der Waals surface area (Å²) in [7, 11) is 0. The molecule has 0 aromatic heterocycles. The van der Waals surface area contributed by atoms with Gasteiger partial charge in [0.1, 0.15) is 0 Å². The predicted molar refractivity (Wildman–Crippen MR) is 59.7 cm³/mol. The fraction of sp³-hybridized carbons (Fsp3) is 0.308. The average molecular weight is 202 g/mol. The van der Waals surface area contributed by atoms with E-state index in [1.165, 1.54) is 0 Å². The summed E-state index contributed by atoms with van der Waals surface area (Å²) in [6, 6.07) is 6.66. The summed E-state index contributed by atoms with van der Waals surface area (Å²) in [5.41, 5.74) is 0.944. The molecule has 0 fully saturated rings. The molecule has 0 amide bonds. The summed E-state index contributed by atoms with van der Waals surface area (Å²) in [5.74, 6) is 5.11. The Morgan fingerprint density at radius 2 is 2.00 bits per heavy atom. The Labute approximate surface area is 89.9 Å². The third-order valence-corrected chi connectivity index (χ3v) is 1.69. The quantitative estimate of drug-likeness (QED) is 0.711. The maximum atomic E-state index is 10.7. The van der Waals surface area contributed by atoms with Crippen LogP contribution in [-0.4, -0.2) is 11.1 Å². The second-order valence-electron chi connectivity index (χ2n) is 4.39. The number of carboxylic acids is 1. The minimum absolute atomic E-state index is 0.0702. The minimum Gasteiger partial charge on any atom is -0.478 e. The number of benzene rings is 1. The molecular formula is C13H14O2. The normalized spacial score (nSPS) is 10.3. The highest BCUT2D eigenvalue weighted by atomic mass is 16.4. The maximum Gasteiger partial charge on any atom is 0.335 e. The Bertz CT molecular complexity index is 428. The molecule has 0 atom stereocenters. The van der Waals surface area contributed by atoms with E-state index >= 15 is 0 Å². The molecule has 0 aliphatic heterocycles. The van der Waals surface area contributed by atoms with Gasteiger partial charge < -0.3 is 5.11 Å². The van der Waals surface area contributed by atoms with E-state index in [2.05, 4.69) is 11.8 Å². The third-order valence-electron chi connectivity index (χ3n) is 1.69. The van der Waals surface area contributed by atoms with Crippen molar-refractivity contribution in [1.29, 1.82) is 0 Å². The zero-order valence-corrected chi connectivity index (χ0v) is 9.16. The Hall–Kier alpha value is -1.75. The number of carboxylic acid groups (broad SMARTS) is 1. The molecule has 78 valence electrons. The minimum atomic E-state index is -0.922. The van der Waals surface area contributed by atoms with E-state index in [1.54, 1.807) is 18.2 Å². The lowest BCUT2D eigenvalue weighted by molar-refractivity contribution is 0.0697. The molecule has 1 N–H and O–H groups in total. The summed E-state index contributed by atoms with van der Waals surface area (Å²) in [5, 5.41) is 8.79. The van der Waals surface area contributed by atoms with E-state index in [4.69, 9.17) is 5.11 Å². The van der Waals surface area contributed by atoms with Gasteiger partial charge in [-0.25, -0.2) is 4.79 Å². The van der Waals surface area contributed by atoms with Gasteiger partial charge in [-0.05, 0) is 39.0 Å². The van der Waals surface area contributed by atoms with E-state index in [9.17, 15) is 4.79 Å². The average Bonchev–Trinajstić information content (AvgIpc) is 2.14. The fourth-order valence-electron chi connectivity index (χ4n) is 0.990. The largest absolute Gasteiger partial charge is 0.478 e. The van der Waals surface area contributed by atoms with Crippen molar-refractivity contribution in [2.24, 2.45) is 5.41 Å². The number of rotatable bonds is 1. The van der Waals surface area contributed by atoms with Crippen LogP contribution in [0.4, 0.5) is 0 Å². The molecule has 0 heterocycles. The lowest BCUT2D eigenvalue weighted by Gasteiger charge is -2.06. The number of hydrogen-bond donors (Lipinski definition) is 1. The Morgan fingerprint density at radius 3 is 2.53 bits per heavy atom. The molecule has 0 aliphatic carbocycles. The van der Waals surface area contributed by atoms with Crippen molar-refractivity contribution in [2.45, 2.75) is 20.8 Å². The van der Waals surface area contributed by atoms with Gasteiger partial charge >= 0.3 is 5.97 Å². The first-order valence-corrected chi connectivity index (χ1v) is 4.75. The first kappa shape index (κ1) is 11.3. The molecule has 2 heteroatoms. The van der Waals surface area contributed by atoms with E-state index < -0.39 is 5.97 Å². The Morgan fingerprint density at radius 1 is 1.33 bits per heavy atom. The predicted octanol–water partition coefficient (Wildman–Crippen LogP) is 2.78. The molecule has 1 aromatic carbocycles. The Kier molecular flexibility index (Phi) is 3.16. The van der Waals surface area contributed by atoms with E-state index in [0.717, 1.165) is 5.56 Å². The highest BCUT2D eigenvalue weighted by Crippen LogP contribution is 2.11. The van der Waals surface area contributed by atoms with Gasteiger partial charge in [0.15, 0.2) is 0 Å². The SMILES string of the molecule is CC(C)(C)C#Cc1cccc(C(=O)O)c1. The molecule has 1 rings (SSSR count). The van der Waals surface area contributed by atoms with Crippen LogP contribution in [0.15, 0.2) is 24.3 Å². The van der Waals surface area contributed by atoms with E-state index in [1.807, 2.05) is 26.8 Å². The van der Waals surface area contributed by atoms with Crippen LogP contribution >= 0.6 is 0 Å². The molecule has 0 aliphatic rings. The number of hydrogen-bond acceptors (Lipinski definition) is 1. The molecule has 0 spiro atoms. The zero-order valence-electron chi connectivity index (χ0n) is 9.16. The van der Waals surface area contributed by atoms with Crippen molar-refractivity contribution >= 4 is 5.97 Å². The van der Waals surface area contributed by atoms with Crippen molar-refractivity contribution < 1.29 is 9.90 Å². The monoisotopic (exact) mass is 202 g/mol. The van der Waals surface area contributed by atoms with Gasteiger partial charge in [-0.15, -0.1) is 0 Å². The van der Waals surface area contributed by atoms with Crippen molar-refractivity contribution in [2.75, 3.05) is 0 Å². The highest BCUT2D eigenvalue weighted by Gasteiger charge is 2.04. The smallest absolute Gasteiger partial charge is 0.335 e. The molecule has 1 aromatic rings. The highest BCUT2D eigenvalue weighted by molar-refractivity contribution is 5.87. The second-order valence-corrected chi connectivity index (χ2v) is 4.39. The summed E-state index contributed by atoms with van der Waals surface area (Å²) < 4.78 is 0. The molecule has 0 unspecified atom stereocenters. The van der Waals surface area contributed by atoms with Crippen LogP contribution in [0.25, 0.3) is 0 Å². The second kappa shape index (κ2) is 4.18. The van der Waals surface area contributed by atoms with Crippen molar-refractivity contribution in [3.8, 4) is 11.8 Å². The summed E-state index contributed by atoms with van der Waals surface area (Å²) in [4.78, 5) is 10.7. The van der Waals surface area contributed by atoms with Gasteiger partial charge in [0.05, 0.1) is 5.56 Å². The van der Waals surface area contributed by atoms with E-state index in [-0.39, 0.29) is 11.0 Å². The molecule has 0 saturated carbocycles. The Balaban J connectivity index is 3.00.